The van der Waals surface area contributed by atoms with Gasteiger partial charge in [-0.2, -0.15) is 0 Å². The lowest BCUT2D eigenvalue weighted by molar-refractivity contribution is 0.532. The Balaban J connectivity index is 2.33. The third kappa shape index (κ3) is 3.01. The maximum atomic E-state index is 5.95. The highest BCUT2D eigenvalue weighted by molar-refractivity contribution is 9.09. The molecular weight excluding hydrogens is 379 g/mol. The number of rotatable bonds is 5. The van der Waals surface area contributed by atoms with E-state index in [1.165, 1.54) is 11.1 Å². The van der Waals surface area contributed by atoms with E-state index in [2.05, 4.69) is 44.0 Å². The summed E-state index contributed by atoms with van der Waals surface area (Å²) in [7, 11) is 0. The van der Waals surface area contributed by atoms with Gasteiger partial charge in [-0.3, -0.25) is 0 Å². The van der Waals surface area contributed by atoms with Crippen LogP contribution in [0.5, 0.6) is 0 Å². The van der Waals surface area contributed by atoms with E-state index < -0.39 is 0 Å². The highest BCUT2D eigenvalue weighted by atomic mass is 79.9. The van der Waals surface area contributed by atoms with Crippen molar-refractivity contribution >= 4 is 43.5 Å². The first-order chi connectivity index (χ1) is 8.70. The van der Waals surface area contributed by atoms with E-state index in [0.29, 0.717) is 0 Å². The molecule has 0 bridgehead atoms. The Bertz CT molecular complexity index is 475. The molecule has 0 atom stereocenters. The summed E-state index contributed by atoms with van der Waals surface area (Å²) in [6.07, 6.45) is 4.43. The van der Waals surface area contributed by atoms with Gasteiger partial charge in [-0.15, -0.1) is 0 Å². The lowest BCUT2D eigenvalue weighted by Crippen LogP contribution is -2.32. The van der Waals surface area contributed by atoms with E-state index in [-0.39, 0.29) is 5.41 Å². The fraction of sp³-hybridized carbons (Fsp3) is 0.286. The molecule has 96 valence electrons. The van der Waals surface area contributed by atoms with Crippen LogP contribution in [0.3, 0.4) is 0 Å². The molecule has 4 heteroatoms. The summed E-state index contributed by atoms with van der Waals surface area (Å²) in [5.41, 5.74) is 2.47. The summed E-state index contributed by atoms with van der Waals surface area (Å²) >= 11 is 13.2. The van der Waals surface area contributed by atoms with Crippen LogP contribution in [0.4, 0.5) is 0 Å². The van der Waals surface area contributed by atoms with Crippen molar-refractivity contribution in [2.24, 2.45) is 0 Å². The van der Waals surface area contributed by atoms with Gasteiger partial charge in [0, 0.05) is 21.1 Å². The molecule has 0 radical (unpaired) electrons. The molecule has 0 unspecified atom stereocenters. The van der Waals surface area contributed by atoms with Crippen LogP contribution in [0.25, 0.3) is 0 Å². The van der Waals surface area contributed by atoms with Crippen LogP contribution >= 0.6 is 43.5 Å². The van der Waals surface area contributed by atoms with Crippen molar-refractivity contribution in [3.05, 3.63) is 59.0 Å². The highest BCUT2D eigenvalue weighted by Crippen LogP contribution is 2.33. The molecule has 2 rings (SSSR count). The number of alkyl halides is 2. The molecule has 18 heavy (non-hydrogen) atoms. The zero-order valence-corrected chi connectivity index (χ0v) is 13.6. The minimum absolute atomic E-state index is 0.00840. The Hall–Kier alpha value is -0.250. The standard InChI is InChI=1S/C14H13Br2ClO/c15-9-14(10-16,7-11-5-6-18-8-11)12-1-3-13(17)4-2-12/h1-6,8H,7,9-10H2. The lowest BCUT2D eigenvalue weighted by Gasteiger charge is -2.30. The molecule has 1 aromatic heterocycles. The average molecular weight is 393 g/mol. The van der Waals surface area contributed by atoms with Gasteiger partial charge in [0.25, 0.3) is 0 Å². The second kappa shape index (κ2) is 6.27. The SMILES string of the molecule is Clc1ccc(C(CBr)(CBr)Cc2ccoc2)cc1. The molecule has 1 aromatic carbocycles. The monoisotopic (exact) mass is 390 g/mol. The van der Waals surface area contributed by atoms with Crippen LogP contribution in [0.1, 0.15) is 11.1 Å². The number of halogens is 3. The van der Waals surface area contributed by atoms with Crippen LogP contribution in [0, 0.1) is 0 Å². The van der Waals surface area contributed by atoms with Crippen molar-refractivity contribution in [3.8, 4) is 0 Å². The van der Waals surface area contributed by atoms with E-state index >= 15 is 0 Å². The van der Waals surface area contributed by atoms with E-state index in [0.717, 1.165) is 22.1 Å². The van der Waals surface area contributed by atoms with Gasteiger partial charge in [0.1, 0.15) is 0 Å². The van der Waals surface area contributed by atoms with E-state index in [4.69, 9.17) is 16.0 Å². The number of benzene rings is 1. The lowest BCUT2D eigenvalue weighted by atomic mass is 9.79. The van der Waals surface area contributed by atoms with E-state index in [1.807, 2.05) is 18.2 Å². The molecule has 0 amide bonds. The third-order valence-electron chi connectivity index (χ3n) is 3.09. The van der Waals surface area contributed by atoms with Crippen LogP contribution < -0.4 is 0 Å². The summed E-state index contributed by atoms with van der Waals surface area (Å²) in [4.78, 5) is 0. The first-order valence-electron chi connectivity index (χ1n) is 5.59. The maximum Gasteiger partial charge on any atom is 0.0934 e. The molecule has 0 spiro atoms. The molecular formula is C14H13Br2ClO. The Morgan fingerprint density at radius 3 is 2.22 bits per heavy atom. The first-order valence-corrected chi connectivity index (χ1v) is 8.21. The molecule has 0 aliphatic heterocycles. The summed E-state index contributed by atoms with van der Waals surface area (Å²) in [6.45, 7) is 0. The van der Waals surface area contributed by atoms with Crippen molar-refractivity contribution in [1.82, 2.24) is 0 Å². The fourth-order valence-corrected chi connectivity index (χ4v) is 4.07. The second-order valence-corrected chi connectivity index (χ2v) is 5.92. The molecule has 0 saturated carbocycles. The maximum absolute atomic E-state index is 5.95. The molecule has 2 aromatic rings. The number of furan rings is 1. The van der Waals surface area contributed by atoms with Gasteiger partial charge in [0.2, 0.25) is 0 Å². The van der Waals surface area contributed by atoms with Crippen molar-refractivity contribution in [2.45, 2.75) is 11.8 Å². The Labute approximate surface area is 129 Å². The van der Waals surface area contributed by atoms with Gasteiger partial charge in [0.05, 0.1) is 12.5 Å². The zero-order valence-electron chi connectivity index (χ0n) is 9.70. The van der Waals surface area contributed by atoms with Crippen LogP contribution in [0.15, 0.2) is 47.3 Å². The van der Waals surface area contributed by atoms with Gasteiger partial charge in [0.15, 0.2) is 0 Å². The van der Waals surface area contributed by atoms with E-state index in [1.54, 1.807) is 12.5 Å². The molecule has 0 N–H and O–H groups in total. The smallest absolute Gasteiger partial charge is 0.0934 e. The Morgan fingerprint density at radius 2 is 1.72 bits per heavy atom. The molecule has 1 heterocycles. The minimum atomic E-state index is 0.00840. The van der Waals surface area contributed by atoms with Crippen molar-refractivity contribution in [1.29, 1.82) is 0 Å². The predicted octanol–water partition coefficient (Wildman–Crippen LogP) is 5.20. The molecule has 0 aliphatic rings. The number of hydrogen-bond donors (Lipinski definition) is 0. The van der Waals surface area contributed by atoms with Crippen molar-refractivity contribution in [3.63, 3.8) is 0 Å². The van der Waals surface area contributed by atoms with Gasteiger partial charge >= 0.3 is 0 Å². The van der Waals surface area contributed by atoms with Crippen LogP contribution in [-0.2, 0) is 11.8 Å². The van der Waals surface area contributed by atoms with Crippen LogP contribution in [0.2, 0.25) is 5.02 Å². The highest BCUT2D eigenvalue weighted by Gasteiger charge is 2.30. The van der Waals surface area contributed by atoms with Gasteiger partial charge in [-0.25, -0.2) is 0 Å². The minimum Gasteiger partial charge on any atom is -0.472 e. The van der Waals surface area contributed by atoms with Gasteiger partial charge < -0.3 is 4.42 Å². The third-order valence-corrected chi connectivity index (χ3v) is 5.49. The van der Waals surface area contributed by atoms with Crippen molar-refractivity contribution in [2.75, 3.05) is 10.7 Å². The summed E-state index contributed by atoms with van der Waals surface area (Å²) in [6, 6.07) is 10.1. The average Bonchev–Trinajstić information content (AvgIpc) is 2.90. The van der Waals surface area contributed by atoms with Crippen molar-refractivity contribution < 1.29 is 4.42 Å². The molecule has 1 nitrogen and oxygen atoms in total. The summed E-state index contributed by atoms with van der Waals surface area (Å²) in [5.74, 6) is 0. The largest absolute Gasteiger partial charge is 0.472 e. The Kier molecular flexibility index (Phi) is 4.93. The fourth-order valence-electron chi connectivity index (χ4n) is 1.97. The van der Waals surface area contributed by atoms with Crippen LogP contribution in [-0.4, -0.2) is 10.7 Å². The second-order valence-electron chi connectivity index (χ2n) is 4.36. The first kappa shape index (κ1) is 14.2. The quantitative estimate of drug-likeness (QED) is 0.637. The topological polar surface area (TPSA) is 13.1 Å². The van der Waals surface area contributed by atoms with Gasteiger partial charge in [-0.1, -0.05) is 55.6 Å². The molecule has 0 saturated heterocycles. The zero-order chi connectivity index (χ0) is 13.0. The molecule has 0 fully saturated rings. The summed E-state index contributed by atoms with van der Waals surface area (Å²) in [5, 5.41) is 2.51. The van der Waals surface area contributed by atoms with E-state index in [9.17, 15) is 0 Å². The Morgan fingerprint density at radius 1 is 1.06 bits per heavy atom. The van der Waals surface area contributed by atoms with Gasteiger partial charge in [-0.05, 0) is 35.7 Å². The summed E-state index contributed by atoms with van der Waals surface area (Å²) < 4.78 is 5.15. The predicted molar refractivity (Wildman–Crippen MR) is 83.1 cm³/mol. The molecule has 0 aliphatic carbocycles. The normalized spacial score (nSPS) is 11.7. The number of hydrogen-bond acceptors (Lipinski definition) is 1.